The number of fused-ring (bicyclic) bond motifs is 1. The van der Waals surface area contributed by atoms with Gasteiger partial charge in [0, 0.05) is 29.8 Å². The van der Waals surface area contributed by atoms with Gasteiger partial charge in [0.2, 0.25) is 5.91 Å². The second kappa shape index (κ2) is 6.13. The van der Waals surface area contributed by atoms with E-state index in [1.165, 1.54) is 18.2 Å². The Morgan fingerprint density at radius 2 is 2.00 bits per heavy atom. The number of hydrogen-bond donors (Lipinski definition) is 2. The normalized spacial score (nSPS) is 22.3. The highest BCUT2D eigenvalue weighted by molar-refractivity contribution is 5.81. The molecule has 2 aromatic rings. The van der Waals surface area contributed by atoms with E-state index >= 15 is 0 Å². The highest BCUT2D eigenvalue weighted by atomic mass is 16.2. The van der Waals surface area contributed by atoms with E-state index in [9.17, 15) is 4.79 Å². The maximum atomic E-state index is 12.2. The van der Waals surface area contributed by atoms with E-state index in [0.717, 1.165) is 16.8 Å². The lowest BCUT2D eigenvalue weighted by atomic mass is 10.1. The van der Waals surface area contributed by atoms with E-state index in [1.807, 2.05) is 0 Å². The maximum absolute atomic E-state index is 12.2. The third-order valence-electron chi connectivity index (χ3n) is 4.77. The van der Waals surface area contributed by atoms with Crippen molar-refractivity contribution < 1.29 is 4.79 Å². The number of likely N-dealkylation sites (tertiary alicyclic amines) is 1. The molecule has 2 atom stereocenters. The Bertz CT molecular complexity index is 666. The van der Waals surface area contributed by atoms with Gasteiger partial charge in [-0.05, 0) is 62.8 Å². The van der Waals surface area contributed by atoms with Crippen LogP contribution in [-0.2, 0) is 11.3 Å². The van der Waals surface area contributed by atoms with Crippen LogP contribution in [0.4, 0.5) is 0 Å². The number of rotatable bonds is 4. The molecule has 1 amide bonds. The number of aromatic amines is 1. The first-order valence-corrected chi connectivity index (χ1v) is 8.13. The summed E-state index contributed by atoms with van der Waals surface area (Å²) in [7, 11) is 0. The number of H-pyrrole nitrogens is 1. The van der Waals surface area contributed by atoms with Crippen molar-refractivity contribution in [2.45, 2.75) is 52.2 Å². The third-order valence-corrected chi connectivity index (χ3v) is 4.77. The Balaban J connectivity index is 1.57. The molecule has 0 spiro atoms. The summed E-state index contributed by atoms with van der Waals surface area (Å²) in [6, 6.07) is 9.45. The number of nitrogens with zero attached hydrogens (tertiary/aromatic N) is 1. The Morgan fingerprint density at radius 1 is 1.27 bits per heavy atom. The van der Waals surface area contributed by atoms with Crippen LogP contribution in [-0.4, -0.2) is 34.4 Å². The molecule has 1 aliphatic heterocycles. The van der Waals surface area contributed by atoms with Crippen molar-refractivity contribution in [2.24, 2.45) is 0 Å². The summed E-state index contributed by atoms with van der Waals surface area (Å²) in [5.74, 6) is 0.117. The van der Waals surface area contributed by atoms with Crippen molar-refractivity contribution >= 4 is 16.8 Å². The number of amides is 1. The Morgan fingerprint density at radius 3 is 2.73 bits per heavy atom. The molecule has 0 saturated carbocycles. The average Bonchev–Trinajstić information content (AvgIpc) is 3.00. The molecule has 1 fully saturated rings. The van der Waals surface area contributed by atoms with Crippen LogP contribution in [0.1, 0.15) is 37.9 Å². The van der Waals surface area contributed by atoms with Gasteiger partial charge in [0.1, 0.15) is 0 Å². The number of hydrogen-bond acceptors (Lipinski definition) is 2. The summed E-state index contributed by atoms with van der Waals surface area (Å²) < 4.78 is 0. The Hall–Kier alpha value is -1.81. The van der Waals surface area contributed by atoms with Crippen molar-refractivity contribution in [2.75, 3.05) is 6.54 Å². The maximum Gasteiger partial charge on any atom is 0.234 e. The van der Waals surface area contributed by atoms with Gasteiger partial charge in [-0.2, -0.15) is 0 Å². The van der Waals surface area contributed by atoms with E-state index in [1.54, 1.807) is 0 Å². The molecule has 118 valence electrons. The molecular weight excluding hydrogens is 274 g/mol. The van der Waals surface area contributed by atoms with Crippen LogP contribution >= 0.6 is 0 Å². The van der Waals surface area contributed by atoms with Crippen LogP contribution in [0, 0.1) is 6.92 Å². The van der Waals surface area contributed by atoms with Crippen molar-refractivity contribution in [3.8, 4) is 0 Å². The molecule has 1 aromatic carbocycles. The first-order valence-electron chi connectivity index (χ1n) is 8.13. The van der Waals surface area contributed by atoms with E-state index < -0.39 is 0 Å². The molecular formula is C18H25N3O. The molecule has 1 aromatic heterocycles. The highest BCUT2D eigenvalue weighted by Crippen LogP contribution is 2.22. The molecule has 4 heteroatoms. The van der Waals surface area contributed by atoms with Crippen molar-refractivity contribution in [1.29, 1.82) is 0 Å². The fourth-order valence-corrected chi connectivity index (χ4v) is 3.42. The SMILES string of the molecule is Cc1cc2cc(CNC(=O)CN3C(C)CCC3C)ccc2[nH]1. The third kappa shape index (κ3) is 3.17. The van der Waals surface area contributed by atoms with Crippen LogP contribution in [0.5, 0.6) is 0 Å². The van der Waals surface area contributed by atoms with Crippen molar-refractivity contribution in [3.63, 3.8) is 0 Å². The summed E-state index contributed by atoms with van der Waals surface area (Å²) in [6.07, 6.45) is 2.38. The van der Waals surface area contributed by atoms with Gasteiger partial charge in [-0.15, -0.1) is 0 Å². The summed E-state index contributed by atoms with van der Waals surface area (Å²) in [5.41, 5.74) is 3.45. The second-order valence-corrected chi connectivity index (χ2v) is 6.60. The summed E-state index contributed by atoms with van der Waals surface area (Å²) in [6.45, 7) is 7.57. The molecule has 1 aliphatic rings. The average molecular weight is 299 g/mol. The van der Waals surface area contributed by atoms with Gasteiger partial charge in [0.25, 0.3) is 0 Å². The van der Waals surface area contributed by atoms with E-state index in [-0.39, 0.29) is 5.91 Å². The predicted octanol–water partition coefficient (Wildman–Crippen LogP) is 2.97. The first kappa shape index (κ1) is 15.1. The zero-order chi connectivity index (χ0) is 15.7. The number of carbonyl (C=O) groups is 1. The molecule has 1 saturated heterocycles. The lowest BCUT2D eigenvalue weighted by molar-refractivity contribution is -0.123. The zero-order valence-electron chi connectivity index (χ0n) is 13.6. The lowest BCUT2D eigenvalue weighted by Crippen LogP contribution is -2.41. The molecule has 2 unspecified atom stereocenters. The monoisotopic (exact) mass is 299 g/mol. The van der Waals surface area contributed by atoms with Crippen LogP contribution in [0.15, 0.2) is 24.3 Å². The number of carbonyl (C=O) groups excluding carboxylic acids is 1. The van der Waals surface area contributed by atoms with Crippen molar-refractivity contribution in [1.82, 2.24) is 15.2 Å². The Labute approximate surface area is 131 Å². The van der Waals surface area contributed by atoms with Gasteiger partial charge < -0.3 is 10.3 Å². The summed E-state index contributed by atoms with van der Waals surface area (Å²) in [4.78, 5) is 17.8. The van der Waals surface area contributed by atoms with Crippen molar-refractivity contribution in [3.05, 3.63) is 35.5 Å². The molecule has 0 aliphatic carbocycles. The molecule has 2 N–H and O–H groups in total. The predicted molar refractivity (Wildman–Crippen MR) is 89.7 cm³/mol. The Kier molecular flexibility index (Phi) is 4.21. The summed E-state index contributed by atoms with van der Waals surface area (Å²) >= 11 is 0. The minimum atomic E-state index is 0.117. The molecule has 22 heavy (non-hydrogen) atoms. The van der Waals surface area contributed by atoms with Crippen LogP contribution in [0.3, 0.4) is 0 Å². The number of aromatic nitrogens is 1. The summed E-state index contributed by atoms with van der Waals surface area (Å²) in [5, 5.41) is 4.25. The fourth-order valence-electron chi connectivity index (χ4n) is 3.42. The minimum absolute atomic E-state index is 0.117. The van der Waals surface area contributed by atoms with Gasteiger partial charge in [0.05, 0.1) is 6.54 Å². The molecule has 4 nitrogen and oxygen atoms in total. The molecule has 2 heterocycles. The lowest BCUT2D eigenvalue weighted by Gasteiger charge is -2.25. The quantitative estimate of drug-likeness (QED) is 0.912. The zero-order valence-corrected chi connectivity index (χ0v) is 13.6. The smallest absolute Gasteiger partial charge is 0.234 e. The largest absolute Gasteiger partial charge is 0.359 e. The van der Waals surface area contributed by atoms with Crippen LogP contribution in [0.25, 0.3) is 10.9 Å². The molecule has 0 radical (unpaired) electrons. The van der Waals surface area contributed by atoms with Gasteiger partial charge in [-0.1, -0.05) is 6.07 Å². The number of nitrogens with one attached hydrogen (secondary N) is 2. The second-order valence-electron chi connectivity index (χ2n) is 6.60. The van der Waals surface area contributed by atoms with Crippen LogP contribution < -0.4 is 5.32 Å². The number of aryl methyl sites for hydroxylation is 1. The van der Waals surface area contributed by atoms with E-state index in [4.69, 9.17) is 0 Å². The minimum Gasteiger partial charge on any atom is -0.359 e. The van der Waals surface area contributed by atoms with Gasteiger partial charge in [0.15, 0.2) is 0 Å². The number of benzene rings is 1. The standard InChI is InChI=1S/C18H25N3O/c1-12-8-16-9-15(6-7-17(16)20-12)10-19-18(22)11-21-13(2)4-5-14(21)3/h6-9,13-14,20H,4-5,10-11H2,1-3H3,(H,19,22). The van der Waals surface area contributed by atoms with Gasteiger partial charge in [-0.3, -0.25) is 9.69 Å². The van der Waals surface area contributed by atoms with Gasteiger partial charge in [-0.25, -0.2) is 0 Å². The molecule has 3 rings (SSSR count). The van der Waals surface area contributed by atoms with E-state index in [2.05, 4.69) is 60.2 Å². The highest BCUT2D eigenvalue weighted by Gasteiger charge is 2.28. The fraction of sp³-hybridized carbons (Fsp3) is 0.500. The van der Waals surface area contributed by atoms with Crippen LogP contribution in [0.2, 0.25) is 0 Å². The van der Waals surface area contributed by atoms with E-state index in [0.29, 0.717) is 25.2 Å². The first-order chi connectivity index (χ1) is 10.5. The molecule has 0 bridgehead atoms. The topological polar surface area (TPSA) is 48.1 Å². The van der Waals surface area contributed by atoms with Gasteiger partial charge >= 0.3 is 0 Å².